The number of nitrogens with zero attached hydrogens (tertiary/aromatic N) is 1. The minimum Gasteiger partial charge on any atom is -0.330 e. The highest BCUT2D eigenvalue weighted by molar-refractivity contribution is 5.95. The molecule has 1 aliphatic rings. The van der Waals surface area contributed by atoms with E-state index in [1.165, 1.54) is 5.56 Å². The lowest BCUT2D eigenvalue weighted by atomic mass is 9.98. The van der Waals surface area contributed by atoms with Crippen molar-refractivity contribution in [3.63, 3.8) is 0 Å². The van der Waals surface area contributed by atoms with Gasteiger partial charge in [-0.05, 0) is 42.5 Å². The molecule has 0 radical (unpaired) electrons. The van der Waals surface area contributed by atoms with Gasteiger partial charge in [0.05, 0.1) is 0 Å². The molecule has 0 bridgehead atoms. The zero-order valence-electron chi connectivity index (χ0n) is 11.2. The second kappa shape index (κ2) is 5.53. The molecule has 0 aliphatic carbocycles. The molecule has 1 heterocycles. The summed E-state index contributed by atoms with van der Waals surface area (Å²) in [5, 5.41) is 0. The number of anilines is 1. The van der Waals surface area contributed by atoms with Gasteiger partial charge in [-0.3, -0.25) is 4.79 Å². The van der Waals surface area contributed by atoms with Gasteiger partial charge in [-0.2, -0.15) is 0 Å². The predicted molar refractivity (Wildman–Crippen MR) is 74.7 cm³/mol. The average molecular weight is 246 g/mol. The summed E-state index contributed by atoms with van der Waals surface area (Å²) in [5.74, 6) is 1.08. The molecule has 3 heteroatoms. The van der Waals surface area contributed by atoms with Gasteiger partial charge in [-0.1, -0.05) is 26.0 Å². The molecule has 1 aliphatic heterocycles. The molecule has 2 N–H and O–H groups in total. The van der Waals surface area contributed by atoms with Crippen molar-refractivity contribution in [1.82, 2.24) is 0 Å². The van der Waals surface area contributed by atoms with E-state index in [0.29, 0.717) is 24.8 Å². The highest BCUT2D eigenvalue weighted by atomic mass is 16.2. The van der Waals surface area contributed by atoms with Crippen LogP contribution in [0.1, 0.15) is 38.2 Å². The lowest BCUT2D eigenvalue weighted by Crippen LogP contribution is -2.25. The zero-order valence-corrected chi connectivity index (χ0v) is 11.2. The maximum absolute atomic E-state index is 11.9. The molecule has 1 aromatic rings. The summed E-state index contributed by atoms with van der Waals surface area (Å²) in [7, 11) is 0. The van der Waals surface area contributed by atoms with Crippen molar-refractivity contribution in [2.45, 2.75) is 32.6 Å². The van der Waals surface area contributed by atoms with Gasteiger partial charge < -0.3 is 10.6 Å². The van der Waals surface area contributed by atoms with Crippen LogP contribution < -0.4 is 10.6 Å². The predicted octanol–water partition coefficient (Wildman–Crippen LogP) is 2.51. The number of amides is 1. The molecule has 0 aromatic heterocycles. The number of rotatable bonds is 4. The molecule has 2 rings (SSSR count). The number of carbonyl (C=O) groups is 1. The highest BCUT2D eigenvalue weighted by Crippen LogP contribution is 2.27. The monoisotopic (exact) mass is 246 g/mol. The van der Waals surface area contributed by atoms with Gasteiger partial charge in [0.2, 0.25) is 5.91 Å². The Bertz CT molecular complexity index is 413. The molecule has 0 saturated carbocycles. The summed E-state index contributed by atoms with van der Waals surface area (Å²) in [6.45, 7) is 5.76. The van der Waals surface area contributed by atoms with Gasteiger partial charge >= 0.3 is 0 Å². The number of hydrogen-bond donors (Lipinski definition) is 1. The van der Waals surface area contributed by atoms with Crippen molar-refractivity contribution in [3.05, 3.63) is 29.8 Å². The molecular weight excluding hydrogens is 224 g/mol. The Kier molecular flexibility index (Phi) is 4.02. The number of hydrogen-bond acceptors (Lipinski definition) is 2. The molecule has 1 aromatic carbocycles. The first-order valence-corrected chi connectivity index (χ1v) is 6.76. The summed E-state index contributed by atoms with van der Waals surface area (Å²) in [4.78, 5) is 13.7. The molecule has 2 unspecified atom stereocenters. The molecule has 1 amide bonds. The SMILES string of the molecule is CCC(C)c1ccc(N2CC(CN)CC2=O)cc1. The van der Waals surface area contributed by atoms with Gasteiger partial charge in [0, 0.05) is 18.7 Å². The molecular formula is C15H22N2O. The van der Waals surface area contributed by atoms with Crippen LogP contribution in [0, 0.1) is 5.92 Å². The van der Waals surface area contributed by atoms with Crippen molar-refractivity contribution in [2.75, 3.05) is 18.0 Å². The lowest BCUT2D eigenvalue weighted by Gasteiger charge is -2.18. The van der Waals surface area contributed by atoms with E-state index >= 15 is 0 Å². The van der Waals surface area contributed by atoms with Crippen LogP contribution in [0.15, 0.2) is 24.3 Å². The Balaban J connectivity index is 2.12. The van der Waals surface area contributed by atoms with Crippen molar-refractivity contribution >= 4 is 11.6 Å². The maximum atomic E-state index is 11.9. The van der Waals surface area contributed by atoms with E-state index in [1.807, 2.05) is 4.90 Å². The van der Waals surface area contributed by atoms with E-state index in [4.69, 9.17) is 5.73 Å². The maximum Gasteiger partial charge on any atom is 0.227 e. The molecule has 1 fully saturated rings. The minimum atomic E-state index is 0.196. The summed E-state index contributed by atoms with van der Waals surface area (Å²) in [6, 6.07) is 8.37. The van der Waals surface area contributed by atoms with Crippen LogP contribution in [-0.4, -0.2) is 19.0 Å². The number of benzene rings is 1. The Hall–Kier alpha value is -1.35. The van der Waals surface area contributed by atoms with E-state index < -0.39 is 0 Å². The van der Waals surface area contributed by atoms with Crippen LogP contribution in [0.4, 0.5) is 5.69 Å². The largest absolute Gasteiger partial charge is 0.330 e. The van der Waals surface area contributed by atoms with E-state index in [9.17, 15) is 4.79 Å². The van der Waals surface area contributed by atoms with Crippen LogP contribution in [0.3, 0.4) is 0 Å². The fraction of sp³-hybridized carbons (Fsp3) is 0.533. The average Bonchev–Trinajstić information content (AvgIpc) is 2.79. The van der Waals surface area contributed by atoms with Gasteiger partial charge in [0.15, 0.2) is 0 Å². The fourth-order valence-corrected chi connectivity index (χ4v) is 2.41. The van der Waals surface area contributed by atoms with Crippen molar-refractivity contribution < 1.29 is 4.79 Å². The summed E-state index contributed by atoms with van der Waals surface area (Å²) in [5.41, 5.74) is 7.98. The summed E-state index contributed by atoms with van der Waals surface area (Å²) < 4.78 is 0. The lowest BCUT2D eigenvalue weighted by molar-refractivity contribution is -0.117. The number of carbonyl (C=O) groups excluding carboxylic acids is 1. The first-order valence-electron chi connectivity index (χ1n) is 6.76. The summed E-state index contributed by atoms with van der Waals surface area (Å²) >= 11 is 0. The molecule has 1 saturated heterocycles. The fourth-order valence-electron chi connectivity index (χ4n) is 2.41. The third-order valence-electron chi connectivity index (χ3n) is 3.92. The Morgan fingerprint density at radius 1 is 1.39 bits per heavy atom. The Morgan fingerprint density at radius 3 is 2.56 bits per heavy atom. The highest BCUT2D eigenvalue weighted by Gasteiger charge is 2.29. The van der Waals surface area contributed by atoms with E-state index in [0.717, 1.165) is 18.7 Å². The minimum absolute atomic E-state index is 0.196. The standard InChI is InChI=1S/C15H22N2O/c1-3-11(2)13-4-6-14(7-5-13)17-10-12(9-16)8-15(17)18/h4-7,11-12H,3,8-10,16H2,1-2H3. The topological polar surface area (TPSA) is 46.3 Å². The van der Waals surface area contributed by atoms with Crippen LogP contribution in [0.2, 0.25) is 0 Å². The second-order valence-electron chi connectivity index (χ2n) is 5.21. The van der Waals surface area contributed by atoms with Crippen LogP contribution in [0.5, 0.6) is 0 Å². The molecule has 98 valence electrons. The third kappa shape index (κ3) is 2.56. The van der Waals surface area contributed by atoms with Gasteiger partial charge in [-0.25, -0.2) is 0 Å². The molecule has 18 heavy (non-hydrogen) atoms. The van der Waals surface area contributed by atoms with Crippen molar-refractivity contribution in [2.24, 2.45) is 11.7 Å². The quantitative estimate of drug-likeness (QED) is 0.887. The molecule has 3 nitrogen and oxygen atoms in total. The number of nitrogens with two attached hydrogens (primary N) is 1. The van der Waals surface area contributed by atoms with Crippen LogP contribution in [0.25, 0.3) is 0 Å². The van der Waals surface area contributed by atoms with Gasteiger partial charge in [0.1, 0.15) is 0 Å². The van der Waals surface area contributed by atoms with E-state index in [2.05, 4.69) is 38.1 Å². The third-order valence-corrected chi connectivity index (χ3v) is 3.92. The Labute approximate surface area is 109 Å². The van der Waals surface area contributed by atoms with E-state index in [1.54, 1.807) is 0 Å². The van der Waals surface area contributed by atoms with Crippen molar-refractivity contribution in [3.8, 4) is 0 Å². The smallest absolute Gasteiger partial charge is 0.227 e. The van der Waals surface area contributed by atoms with Gasteiger partial charge in [-0.15, -0.1) is 0 Å². The first kappa shape index (κ1) is 13.1. The molecule has 2 atom stereocenters. The zero-order chi connectivity index (χ0) is 13.1. The normalized spacial score (nSPS) is 21.4. The second-order valence-corrected chi connectivity index (χ2v) is 5.21. The molecule has 0 spiro atoms. The van der Waals surface area contributed by atoms with E-state index in [-0.39, 0.29) is 5.91 Å². The van der Waals surface area contributed by atoms with Crippen molar-refractivity contribution in [1.29, 1.82) is 0 Å². The summed E-state index contributed by atoms with van der Waals surface area (Å²) in [6.07, 6.45) is 1.72. The van der Waals surface area contributed by atoms with Crippen LogP contribution >= 0.6 is 0 Å². The van der Waals surface area contributed by atoms with Gasteiger partial charge in [0.25, 0.3) is 0 Å². The van der Waals surface area contributed by atoms with Crippen LogP contribution in [-0.2, 0) is 4.79 Å². The first-order chi connectivity index (χ1) is 8.65. The Morgan fingerprint density at radius 2 is 2.06 bits per heavy atom.